The number of nitrogens with zero attached hydrogens (tertiary/aromatic N) is 1. The molecule has 1 rings (SSSR count). The van der Waals surface area contributed by atoms with E-state index in [9.17, 15) is 13.2 Å². The maximum atomic E-state index is 10.9. The van der Waals surface area contributed by atoms with Gasteiger partial charge in [-0.05, 0) is 6.07 Å². The number of amides is 1. The molecule has 0 saturated carbocycles. The van der Waals surface area contributed by atoms with Crippen LogP contribution in [0.3, 0.4) is 0 Å². The minimum absolute atomic E-state index is 0.142. The molecule has 0 aromatic carbocycles. The standard InChI is InChI=1S/C7H6Cl2N2O3S/c1-4(12)11-5-2-6(8)7(10-3-5)15(9,13)14/h2-3H,1H3,(H,11,12). The summed E-state index contributed by atoms with van der Waals surface area (Å²) in [6.45, 7) is 1.31. The molecule has 1 amide bonds. The molecule has 0 spiro atoms. The molecule has 15 heavy (non-hydrogen) atoms. The van der Waals surface area contributed by atoms with E-state index in [0.717, 1.165) is 6.20 Å². The smallest absolute Gasteiger partial charge is 0.280 e. The van der Waals surface area contributed by atoms with Crippen LogP contribution in [0.1, 0.15) is 6.92 Å². The van der Waals surface area contributed by atoms with Crippen molar-refractivity contribution >= 4 is 42.9 Å². The van der Waals surface area contributed by atoms with E-state index in [1.807, 2.05) is 0 Å². The minimum atomic E-state index is -3.96. The summed E-state index contributed by atoms with van der Waals surface area (Å²) in [5, 5.41) is 1.83. The van der Waals surface area contributed by atoms with Crippen LogP contribution in [0.4, 0.5) is 5.69 Å². The second kappa shape index (κ2) is 4.34. The van der Waals surface area contributed by atoms with Gasteiger partial charge in [-0.25, -0.2) is 13.4 Å². The van der Waals surface area contributed by atoms with Gasteiger partial charge >= 0.3 is 0 Å². The molecule has 1 heterocycles. The minimum Gasteiger partial charge on any atom is -0.325 e. The number of anilines is 1. The van der Waals surface area contributed by atoms with E-state index in [-0.39, 0.29) is 10.9 Å². The zero-order valence-electron chi connectivity index (χ0n) is 7.49. The van der Waals surface area contributed by atoms with Gasteiger partial charge in [0.15, 0.2) is 5.03 Å². The van der Waals surface area contributed by atoms with Gasteiger partial charge in [0.25, 0.3) is 9.05 Å². The van der Waals surface area contributed by atoms with Crippen LogP contribution in [0, 0.1) is 0 Å². The first-order chi connectivity index (χ1) is 6.80. The Bertz CT molecular complexity index is 501. The fourth-order valence-corrected chi connectivity index (χ4v) is 2.31. The molecular formula is C7H6Cl2N2O3S. The third kappa shape index (κ3) is 3.33. The van der Waals surface area contributed by atoms with Crippen LogP contribution < -0.4 is 5.32 Å². The maximum absolute atomic E-state index is 10.9. The summed E-state index contributed by atoms with van der Waals surface area (Å²) in [6.07, 6.45) is 1.16. The van der Waals surface area contributed by atoms with E-state index in [1.165, 1.54) is 13.0 Å². The SMILES string of the molecule is CC(=O)Nc1cnc(S(=O)(=O)Cl)c(Cl)c1. The molecular weight excluding hydrogens is 263 g/mol. The summed E-state index contributed by atoms with van der Waals surface area (Å²) in [4.78, 5) is 14.2. The lowest BCUT2D eigenvalue weighted by Crippen LogP contribution is -2.07. The zero-order valence-corrected chi connectivity index (χ0v) is 9.82. The number of pyridine rings is 1. The molecule has 0 aliphatic heterocycles. The Morgan fingerprint density at radius 3 is 2.53 bits per heavy atom. The Labute approximate surface area is 95.8 Å². The number of nitrogens with one attached hydrogen (secondary N) is 1. The summed E-state index contributed by atoms with van der Waals surface area (Å²) in [5.41, 5.74) is 0.302. The predicted molar refractivity (Wildman–Crippen MR) is 56.6 cm³/mol. The molecule has 0 aliphatic rings. The highest BCUT2D eigenvalue weighted by Crippen LogP contribution is 2.24. The first-order valence-corrected chi connectivity index (χ1v) is 6.37. The Balaban J connectivity index is 3.15. The summed E-state index contributed by atoms with van der Waals surface area (Å²) >= 11 is 5.62. The van der Waals surface area contributed by atoms with E-state index in [2.05, 4.69) is 10.3 Å². The number of carbonyl (C=O) groups is 1. The second-order valence-corrected chi connectivity index (χ2v) is 5.52. The lowest BCUT2D eigenvalue weighted by Gasteiger charge is -2.03. The number of rotatable bonds is 2. The van der Waals surface area contributed by atoms with Crippen LogP contribution in [0.2, 0.25) is 5.02 Å². The van der Waals surface area contributed by atoms with Gasteiger partial charge in [-0.3, -0.25) is 4.79 Å². The largest absolute Gasteiger partial charge is 0.325 e. The first-order valence-electron chi connectivity index (χ1n) is 3.68. The van der Waals surface area contributed by atoms with Gasteiger partial charge in [0.1, 0.15) is 0 Å². The van der Waals surface area contributed by atoms with E-state index in [0.29, 0.717) is 5.69 Å². The molecule has 5 nitrogen and oxygen atoms in total. The first kappa shape index (κ1) is 12.2. The Morgan fingerprint density at radius 1 is 1.53 bits per heavy atom. The van der Waals surface area contributed by atoms with Gasteiger partial charge in [0, 0.05) is 17.6 Å². The van der Waals surface area contributed by atoms with Crippen molar-refractivity contribution in [2.75, 3.05) is 5.32 Å². The third-order valence-electron chi connectivity index (χ3n) is 1.36. The van der Waals surface area contributed by atoms with Gasteiger partial charge in [0.05, 0.1) is 16.9 Å². The Morgan fingerprint density at radius 2 is 2.13 bits per heavy atom. The Kier molecular flexibility index (Phi) is 3.54. The molecule has 0 aliphatic carbocycles. The van der Waals surface area contributed by atoms with Crippen LogP contribution in [0.5, 0.6) is 0 Å². The molecule has 0 atom stereocenters. The van der Waals surface area contributed by atoms with Gasteiger partial charge in [0.2, 0.25) is 5.91 Å². The van der Waals surface area contributed by atoms with E-state index in [4.69, 9.17) is 22.3 Å². The molecule has 0 fully saturated rings. The Hall–Kier alpha value is -0.850. The zero-order chi connectivity index (χ0) is 11.6. The second-order valence-electron chi connectivity index (χ2n) is 2.63. The van der Waals surface area contributed by atoms with Crippen LogP contribution in [-0.4, -0.2) is 19.3 Å². The van der Waals surface area contributed by atoms with Crippen molar-refractivity contribution < 1.29 is 13.2 Å². The van der Waals surface area contributed by atoms with Crippen LogP contribution in [0.15, 0.2) is 17.3 Å². The van der Waals surface area contributed by atoms with Crippen LogP contribution in [-0.2, 0) is 13.8 Å². The van der Waals surface area contributed by atoms with Crippen molar-refractivity contribution in [1.29, 1.82) is 0 Å². The number of halogens is 2. The monoisotopic (exact) mass is 268 g/mol. The molecule has 0 unspecified atom stereocenters. The predicted octanol–water partition coefficient (Wildman–Crippen LogP) is 1.62. The number of carbonyl (C=O) groups excluding carboxylic acids is 1. The van der Waals surface area contributed by atoms with Gasteiger partial charge in [-0.1, -0.05) is 11.6 Å². The van der Waals surface area contributed by atoms with Gasteiger partial charge in [-0.15, -0.1) is 0 Å². The van der Waals surface area contributed by atoms with Crippen molar-refractivity contribution in [1.82, 2.24) is 4.98 Å². The quantitative estimate of drug-likeness (QED) is 0.828. The molecule has 82 valence electrons. The summed E-state index contributed by atoms with van der Waals surface area (Å²) in [7, 11) is 1.10. The molecule has 1 N–H and O–H groups in total. The summed E-state index contributed by atoms with van der Waals surface area (Å²) in [5.74, 6) is -0.311. The van der Waals surface area contributed by atoms with Crippen molar-refractivity contribution in [2.24, 2.45) is 0 Å². The lowest BCUT2D eigenvalue weighted by molar-refractivity contribution is -0.114. The highest BCUT2D eigenvalue weighted by atomic mass is 35.7. The van der Waals surface area contributed by atoms with Crippen molar-refractivity contribution in [3.8, 4) is 0 Å². The number of aromatic nitrogens is 1. The topological polar surface area (TPSA) is 76.1 Å². The van der Waals surface area contributed by atoms with Crippen LogP contribution >= 0.6 is 22.3 Å². The molecule has 0 saturated heterocycles. The summed E-state index contributed by atoms with van der Waals surface area (Å²) in [6, 6.07) is 1.26. The van der Waals surface area contributed by atoms with Gasteiger partial charge in [-0.2, -0.15) is 0 Å². The van der Waals surface area contributed by atoms with Gasteiger partial charge < -0.3 is 5.32 Å². The van der Waals surface area contributed by atoms with Crippen molar-refractivity contribution in [2.45, 2.75) is 11.9 Å². The lowest BCUT2D eigenvalue weighted by atomic mass is 10.4. The fourth-order valence-electron chi connectivity index (χ4n) is 0.876. The van der Waals surface area contributed by atoms with E-state index >= 15 is 0 Å². The fraction of sp³-hybridized carbons (Fsp3) is 0.143. The maximum Gasteiger partial charge on any atom is 0.280 e. The normalized spacial score (nSPS) is 11.1. The van der Waals surface area contributed by atoms with Crippen molar-refractivity contribution in [3.63, 3.8) is 0 Å². The average molecular weight is 269 g/mol. The summed E-state index contributed by atoms with van der Waals surface area (Å²) < 4.78 is 21.8. The molecule has 1 aromatic heterocycles. The number of hydrogen-bond donors (Lipinski definition) is 1. The highest BCUT2D eigenvalue weighted by molar-refractivity contribution is 8.13. The molecule has 0 radical (unpaired) electrons. The third-order valence-corrected chi connectivity index (χ3v) is 2.98. The average Bonchev–Trinajstić information content (AvgIpc) is 1.99. The van der Waals surface area contributed by atoms with E-state index in [1.54, 1.807) is 0 Å². The van der Waals surface area contributed by atoms with Crippen LogP contribution in [0.25, 0.3) is 0 Å². The molecule has 8 heteroatoms. The highest BCUT2D eigenvalue weighted by Gasteiger charge is 2.16. The van der Waals surface area contributed by atoms with Crippen molar-refractivity contribution in [3.05, 3.63) is 17.3 Å². The number of hydrogen-bond acceptors (Lipinski definition) is 4. The van der Waals surface area contributed by atoms with E-state index < -0.39 is 14.1 Å². The molecule has 0 bridgehead atoms. The molecule has 1 aromatic rings.